The first-order valence-corrected chi connectivity index (χ1v) is 7.77. The first kappa shape index (κ1) is 13.5. The molecule has 4 N–H and O–H groups in total. The van der Waals surface area contributed by atoms with Crippen molar-refractivity contribution in [1.82, 2.24) is 9.66 Å². The third-order valence-corrected chi connectivity index (χ3v) is 4.73. The molecule has 1 fully saturated rings. The molecule has 1 aromatic heterocycles. The zero-order valence-electron chi connectivity index (χ0n) is 11.6. The van der Waals surface area contributed by atoms with Gasteiger partial charge >= 0.3 is 0 Å². The highest BCUT2D eigenvalue weighted by Crippen LogP contribution is 2.38. The van der Waals surface area contributed by atoms with Crippen molar-refractivity contribution in [2.75, 3.05) is 11.6 Å². The summed E-state index contributed by atoms with van der Waals surface area (Å²) in [6, 6.07) is 6.17. The van der Waals surface area contributed by atoms with Crippen molar-refractivity contribution in [1.29, 1.82) is 0 Å². The average molecular weight is 335 g/mol. The Balaban J connectivity index is 2.07. The van der Waals surface area contributed by atoms with E-state index in [0.717, 1.165) is 34.4 Å². The van der Waals surface area contributed by atoms with E-state index in [1.807, 2.05) is 6.07 Å². The maximum Gasteiger partial charge on any atom is 0.150 e. The van der Waals surface area contributed by atoms with Gasteiger partial charge in [0.2, 0.25) is 0 Å². The minimum atomic E-state index is 0.445. The molecule has 0 aliphatic heterocycles. The van der Waals surface area contributed by atoms with Gasteiger partial charge in [0, 0.05) is 16.0 Å². The number of nitrogen functional groups attached to an aromatic ring is 2. The fourth-order valence-corrected chi connectivity index (χ4v) is 3.63. The molecule has 20 heavy (non-hydrogen) atoms. The third-order valence-electron chi connectivity index (χ3n) is 4.08. The number of hydrogen-bond acceptors (Lipinski definition) is 3. The van der Waals surface area contributed by atoms with E-state index >= 15 is 0 Å². The molecule has 4 nitrogen and oxygen atoms in total. The van der Waals surface area contributed by atoms with Crippen LogP contribution in [0.2, 0.25) is 0 Å². The lowest BCUT2D eigenvalue weighted by atomic mass is 10.1. The number of rotatable bonds is 2. The standard InChI is InChI=1S/C15H19BrN4/c1-9-6-7-11(12(16)8-9)13-14(17)20(18)15(19-13)10-4-2-3-5-10/h6-8,10H,2-5,17-18H2,1H3. The molecular weight excluding hydrogens is 316 g/mol. The van der Waals surface area contributed by atoms with Crippen LogP contribution in [0.25, 0.3) is 11.3 Å². The minimum Gasteiger partial charge on any atom is -0.382 e. The van der Waals surface area contributed by atoms with Crippen LogP contribution in [-0.4, -0.2) is 9.66 Å². The van der Waals surface area contributed by atoms with Crippen molar-refractivity contribution in [2.24, 2.45) is 0 Å². The van der Waals surface area contributed by atoms with Crippen LogP contribution in [0.1, 0.15) is 43.0 Å². The van der Waals surface area contributed by atoms with Crippen molar-refractivity contribution in [3.63, 3.8) is 0 Å². The Labute approximate surface area is 127 Å². The van der Waals surface area contributed by atoms with Crippen LogP contribution in [-0.2, 0) is 0 Å². The Kier molecular flexibility index (Phi) is 3.46. The minimum absolute atomic E-state index is 0.445. The van der Waals surface area contributed by atoms with Gasteiger partial charge in [-0.05, 0) is 31.4 Å². The summed E-state index contributed by atoms with van der Waals surface area (Å²) in [5, 5.41) is 0. The van der Waals surface area contributed by atoms with Crippen molar-refractivity contribution >= 4 is 21.7 Å². The number of hydrogen-bond donors (Lipinski definition) is 2. The highest BCUT2D eigenvalue weighted by Gasteiger charge is 2.25. The molecule has 0 bridgehead atoms. The highest BCUT2D eigenvalue weighted by atomic mass is 79.9. The Morgan fingerprint density at radius 3 is 2.65 bits per heavy atom. The van der Waals surface area contributed by atoms with Crippen LogP contribution in [0, 0.1) is 6.92 Å². The van der Waals surface area contributed by atoms with Gasteiger partial charge in [0.25, 0.3) is 0 Å². The Hall–Kier alpha value is -1.49. The number of benzene rings is 1. The number of aryl methyl sites for hydroxylation is 1. The molecule has 1 aliphatic carbocycles. The summed E-state index contributed by atoms with van der Waals surface area (Å²) < 4.78 is 2.57. The van der Waals surface area contributed by atoms with Crippen LogP contribution in [0.5, 0.6) is 0 Å². The van der Waals surface area contributed by atoms with Gasteiger partial charge in [-0.25, -0.2) is 9.66 Å². The normalized spacial score (nSPS) is 15.9. The molecule has 1 heterocycles. The van der Waals surface area contributed by atoms with Crippen LogP contribution >= 0.6 is 15.9 Å². The summed E-state index contributed by atoms with van der Waals surface area (Å²) in [5.74, 6) is 8.02. The second-order valence-corrected chi connectivity index (χ2v) is 6.39. The third kappa shape index (κ3) is 2.20. The highest BCUT2D eigenvalue weighted by molar-refractivity contribution is 9.10. The largest absolute Gasteiger partial charge is 0.382 e. The zero-order chi connectivity index (χ0) is 14.3. The molecule has 0 amide bonds. The maximum absolute atomic E-state index is 6.16. The van der Waals surface area contributed by atoms with Gasteiger partial charge in [0.15, 0.2) is 5.82 Å². The van der Waals surface area contributed by atoms with Crippen LogP contribution in [0.3, 0.4) is 0 Å². The molecule has 1 aromatic carbocycles. The Bertz CT molecular complexity index is 642. The molecule has 1 saturated carbocycles. The molecule has 1 aliphatic rings. The van der Waals surface area contributed by atoms with E-state index in [1.165, 1.54) is 18.4 Å². The average Bonchev–Trinajstić information content (AvgIpc) is 3.01. The first-order chi connectivity index (χ1) is 9.58. The lowest BCUT2D eigenvalue weighted by Gasteiger charge is -2.08. The molecule has 2 aromatic rings. The summed E-state index contributed by atoms with van der Waals surface area (Å²) in [5.41, 5.74) is 9.14. The topological polar surface area (TPSA) is 69.9 Å². The van der Waals surface area contributed by atoms with E-state index in [2.05, 4.69) is 35.0 Å². The second kappa shape index (κ2) is 5.13. The van der Waals surface area contributed by atoms with Crippen LogP contribution in [0.4, 0.5) is 5.82 Å². The van der Waals surface area contributed by atoms with Gasteiger partial charge in [-0.2, -0.15) is 0 Å². The summed E-state index contributed by atoms with van der Waals surface area (Å²) in [6.45, 7) is 2.06. The van der Waals surface area contributed by atoms with E-state index in [9.17, 15) is 0 Å². The summed E-state index contributed by atoms with van der Waals surface area (Å²) >= 11 is 3.59. The number of halogens is 1. The predicted octanol–water partition coefficient (Wildman–Crippen LogP) is 3.57. The summed E-state index contributed by atoms with van der Waals surface area (Å²) in [7, 11) is 0. The molecule has 0 atom stereocenters. The number of nitrogens with zero attached hydrogens (tertiary/aromatic N) is 2. The summed E-state index contributed by atoms with van der Waals surface area (Å²) in [4.78, 5) is 4.74. The van der Waals surface area contributed by atoms with Gasteiger partial charge in [-0.1, -0.05) is 40.9 Å². The summed E-state index contributed by atoms with van der Waals surface area (Å²) in [6.07, 6.45) is 4.81. The Morgan fingerprint density at radius 1 is 1.30 bits per heavy atom. The van der Waals surface area contributed by atoms with Gasteiger partial charge in [0.1, 0.15) is 11.5 Å². The lowest BCUT2D eigenvalue weighted by molar-refractivity contribution is 0.648. The van der Waals surface area contributed by atoms with Gasteiger partial charge < -0.3 is 11.6 Å². The number of nitrogens with two attached hydrogens (primary N) is 2. The molecule has 0 unspecified atom stereocenters. The molecule has 0 spiro atoms. The molecule has 106 valence electrons. The number of aromatic nitrogens is 2. The smallest absolute Gasteiger partial charge is 0.150 e. The van der Waals surface area contributed by atoms with Crippen molar-refractivity contribution < 1.29 is 0 Å². The van der Waals surface area contributed by atoms with E-state index in [-0.39, 0.29) is 0 Å². The maximum atomic E-state index is 6.16. The van der Waals surface area contributed by atoms with Crippen molar-refractivity contribution in [3.05, 3.63) is 34.1 Å². The molecule has 5 heteroatoms. The second-order valence-electron chi connectivity index (χ2n) is 5.54. The van der Waals surface area contributed by atoms with E-state index in [1.54, 1.807) is 4.68 Å². The molecule has 0 saturated heterocycles. The molecular formula is C15H19BrN4. The van der Waals surface area contributed by atoms with Crippen molar-refractivity contribution in [2.45, 2.75) is 38.5 Å². The van der Waals surface area contributed by atoms with Gasteiger partial charge in [0.05, 0.1) is 0 Å². The van der Waals surface area contributed by atoms with E-state index in [4.69, 9.17) is 16.6 Å². The van der Waals surface area contributed by atoms with Crippen molar-refractivity contribution in [3.8, 4) is 11.3 Å². The van der Waals surface area contributed by atoms with E-state index < -0.39 is 0 Å². The molecule has 0 radical (unpaired) electrons. The number of anilines is 1. The SMILES string of the molecule is Cc1ccc(-c2nc(C3CCCC3)n(N)c2N)c(Br)c1. The van der Waals surface area contributed by atoms with Gasteiger partial charge in [-0.15, -0.1) is 0 Å². The Morgan fingerprint density at radius 2 is 2.00 bits per heavy atom. The molecule has 3 rings (SSSR count). The quantitative estimate of drug-likeness (QED) is 0.824. The van der Waals surface area contributed by atoms with Crippen LogP contribution < -0.4 is 11.6 Å². The fourth-order valence-electron chi connectivity index (χ4n) is 2.95. The fraction of sp³-hybridized carbons (Fsp3) is 0.400. The first-order valence-electron chi connectivity index (χ1n) is 6.97. The number of imidazole rings is 1. The van der Waals surface area contributed by atoms with E-state index in [0.29, 0.717) is 11.7 Å². The predicted molar refractivity (Wildman–Crippen MR) is 85.9 cm³/mol. The van der Waals surface area contributed by atoms with Gasteiger partial charge in [-0.3, -0.25) is 0 Å². The zero-order valence-corrected chi connectivity index (χ0v) is 13.2. The monoisotopic (exact) mass is 334 g/mol. The lowest BCUT2D eigenvalue weighted by Crippen LogP contribution is -2.17. The van der Waals surface area contributed by atoms with Crippen LogP contribution in [0.15, 0.2) is 22.7 Å².